The minimum Gasteiger partial charge on any atom is -0.493 e. The quantitative estimate of drug-likeness (QED) is 0.177. The van der Waals surface area contributed by atoms with Crippen LogP contribution >= 0.6 is 23.2 Å². The number of carbonyl (C=O) groups excluding carboxylic acids is 1. The summed E-state index contributed by atoms with van der Waals surface area (Å²) in [6.07, 6.45) is 7.98. The number of aromatic nitrogens is 1. The van der Waals surface area contributed by atoms with Crippen molar-refractivity contribution < 1.29 is 19.0 Å². The van der Waals surface area contributed by atoms with E-state index in [1.165, 1.54) is 30.8 Å². The van der Waals surface area contributed by atoms with Gasteiger partial charge in [-0.15, -0.1) is 0 Å². The summed E-state index contributed by atoms with van der Waals surface area (Å²) in [5, 5.41) is 0.692. The van der Waals surface area contributed by atoms with Crippen LogP contribution in [-0.4, -0.2) is 24.7 Å². The number of benzene rings is 2. The van der Waals surface area contributed by atoms with Crippen LogP contribution < -0.4 is 9.47 Å². The molecule has 7 heteroatoms. The van der Waals surface area contributed by atoms with Gasteiger partial charge in [0, 0.05) is 23.5 Å². The molecule has 200 valence electrons. The van der Waals surface area contributed by atoms with Gasteiger partial charge in [0.15, 0.2) is 11.5 Å². The highest BCUT2D eigenvalue weighted by atomic mass is 35.5. The molecule has 0 N–H and O–H groups in total. The first-order valence-corrected chi connectivity index (χ1v) is 13.6. The van der Waals surface area contributed by atoms with Crippen molar-refractivity contribution in [3.63, 3.8) is 0 Å². The Kier molecular flexibility index (Phi) is 9.35. The Labute approximate surface area is 234 Å². The number of halogens is 2. The fourth-order valence-corrected chi connectivity index (χ4v) is 4.52. The standard InChI is InChI=1S/C31H33Cl2NO4/c1-19(2)13-21-7-9-23(10-8-21)20(3)31(35)38-29(15-25-26(32)16-34-17-27(25)33)24-11-12-28(36-4)30(14-24)37-18-22-5-6-22/h7-12,14-17,19-20,22H,5-6,13,18H2,1-4H3. The molecule has 1 aliphatic rings. The zero-order valence-electron chi connectivity index (χ0n) is 22.2. The number of hydrogen-bond donors (Lipinski definition) is 0. The number of pyridine rings is 1. The summed E-state index contributed by atoms with van der Waals surface area (Å²) in [5.74, 6) is 1.73. The van der Waals surface area contributed by atoms with Crippen LogP contribution in [0.2, 0.25) is 10.0 Å². The number of esters is 1. The molecule has 38 heavy (non-hydrogen) atoms. The molecule has 0 bridgehead atoms. The summed E-state index contributed by atoms with van der Waals surface area (Å²) in [7, 11) is 1.60. The number of ether oxygens (including phenoxy) is 3. The molecule has 1 aliphatic carbocycles. The monoisotopic (exact) mass is 553 g/mol. The van der Waals surface area contributed by atoms with Gasteiger partial charge in [-0.3, -0.25) is 9.78 Å². The van der Waals surface area contributed by atoms with E-state index in [0.717, 1.165) is 12.0 Å². The van der Waals surface area contributed by atoms with Gasteiger partial charge in [-0.1, -0.05) is 61.3 Å². The summed E-state index contributed by atoms with van der Waals surface area (Å²) in [6, 6.07) is 13.5. The van der Waals surface area contributed by atoms with Crippen LogP contribution in [0.5, 0.6) is 11.5 Å². The van der Waals surface area contributed by atoms with Gasteiger partial charge in [0.2, 0.25) is 0 Å². The smallest absolute Gasteiger partial charge is 0.318 e. The van der Waals surface area contributed by atoms with Gasteiger partial charge < -0.3 is 14.2 Å². The van der Waals surface area contributed by atoms with Gasteiger partial charge in [0.25, 0.3) is 0 Å². The average Bonchev–Trinajstić information content (AvgIpc) is 3.73. The first kappa shape index (κ1) is 28.0. The molecule has 0 amide bonds. The van der Waals surface area contributed by atoms with Crippen molar-refractivity contribution in [1.82, 2.24) is 4.98 Å². The molecule has 0 aliphatic heterocycles. The second-order valence-electron chi connectivity index (χ2n) is 10.1. The molecule has 2 aromatic carbocycles. The Hall–Kier alpha value is -3.02. The van der Waals surface area contributed by atoms with E-state index in [-0.39, 0.29) is 0 Å². The van der Waals surface area contributed by atoms with Crippen LogP contribution in [0.25, 0.3) is 11.8 Å². The molecular weight excluding hydrogens is 521 g/mol. The molecule has 1 fully saturated rings. The van der Waals surface area contributed by atoms with E-state index in [2.05, 4.69) is 31.0 Å². The van der Waals surface area contributed by atoms with Crippen molar-refractivity contribution in [3.05, 3.63) is 87.2 Å². The van der Waals surface area contributed by atoms with Gasteiger partial charge in [-0.2, -0.15) is 0 Å². The fourth-order valence-electron chi connectivity index (χ4n) is 4.04. The molecule has 1 heterocycles. The second kappa shape index (κ2) is 12.7. The highest BCUT2D eigenvalue weighted by Crippen LogP contribution is 2.36. The van der Waals surface area contributed by atoms with Crippen LogP contribution in [0.4, 0.5) is 0 Å². The molecule has 0 saturated heterocycles. The number of nitrogens with zero attached hydrogens (tertiary/aromatic N) is 1. The molecule has 4 rings (SSSR count). The summed E-state index contributed by atoms with van der Waals surface area (Å²) >= 11 is 12.8. The maximum atomic E-state index is 13.4. The molecule has 3 aromatic rings. The van der Waals surface area contributed by atoms with Crippen molar-refractivity contribution in [2.45, 2.75) is 46.0 Å². The third-order valence-corrected chi connectivity index (χ3v) is 7.08. The Morgan fingerprint density at radius 2 is 1.71 bits per heavy atom. The third kappa shape index (κ3) is 7.30. The molecule has 1 saturated carbocycles. The van der Waals surface area contributed by atoms with Crippen LogP contribution in [-0.2, 0) is 16.0 Å². The van der Waals surface area contributed by atoms with Gasteiger partial charge >= 0.3 is 5.97 Å². The van der Waals surface area contributed by atoms with Crippen molar-refractivity contribution in [2.24, 2.45) is 11.8 Å². The minimum atomic E-state index is -0.487. The normalized spacial score (nSPS) is 14.3. The summed E-state index contributed by atoms with van der Waals surface area (Å²) in [4.78, 5) is 17.4. The summed E-state index contributed by atoms with van der Waals surface area (Å²) in [5.41, 5.74) is 3.26. The highest BCUT2D eigenvalue weighted by Gasteiger charge is 2.24. The van der Waals surface area contributed by atoms with Crippen LogP contribution in [0.15, 0.2) is 54.9 Å². The molecular formula is C31H33Cl2NO4. The maximum absolute atomic E-state index is 13.4. The second-order valence-corrected chi connectivity index (χ2v) is 10.9. The third-order valence-electron chi connectivity index (χ3n) is 6.47. The van der Waals surface area contributed by atoms with E-state index >= 15 is 0 Å². The Morgan fingerprint density at radius 1 is 1.03 bits per heavy atom. The van der Waals surface area contributed by atoms with Crippen molar-refractivity contribution >= 4 is 41.0 Å². The predicted molar refractivity (Wildman–Crippen MR) is 153 cm³/mol. The SMILES string of the molecule is COc1ccc(C(=Cc2c(Cl)cncc2Cl)OC(=O)C(C)c2ccc(CC(C)C)cc2)cc1OCC1CC1. The number of hydrogen-bond acceptors (Lipinski definition) is 5. The summed E-state index contributed by atoms with van der Waals surface area (Å²) < 4.78 is 17.6. The first-order chi connectivity index (χ1) is 18.2. The van der Waals surface area contributed by atoms with Gasteiger partial charge in [0.1, 0.15) is 5.76 Å². The van der Waals surface area contributed by atoms with Crippen LogP contribution in [0.3, 0.4) is 0 Å². The van der Waals surface area contributed by atoms with Gasteiger partial charge in [0.05, 0.1) is 29.7 Å². The first-order valence-electron chi connectivity index (χ1n) is 12.9. The number of methoxy groups -OCH3 is 1. The van der Waals surface area contributed by atoms with E-state index in [1.807, 2.05) is 31.2 Å². The van der Waals surface area contributed by atoms with E-state index in [1.54, 1.807) is 19.3 Å². The predicted octanol–water partition coefficient (Wildman–Crippen LogP) is 8.23. The minimum absolute atomic E-state index is 0.298. The summed E-state index contributed by atoms with van der Waals surface area (Å²) in [6.45, 7) is 6.82. The number of rotatable bonds is 11. The Balaban J connectivity index is 1.65. The zero-order chi connectivity index (χ0) is 27.2. The average molecular weight is 555 g/mol. The fraction of sp³-hybridized carbons (Fsp3) is 0.355. The zero-order valence-corrected chi connectivity index (χ0v) is 23.7. The molecule has 0 radical (unpaired) electrons. The largest absolute Gasteiger partial charge is 0.493 e. The lowest BCUT2D eigenvalue weighted by atomic mass is 9.97. The van der Waals surface area contributed by atoms with Gasteiger partial charge in [-0.05, 0) is 73.4 Å². The van der Waals surface area contributed by atoms with E-state index in [4.69, 9.17) is 37.4 Å². The topological polar surface area (TPSA) is 57.7 Å². The van der Waals surface area contributed by atoms with Crippen molar-refractivity contribution in [2.75, 3.05) is 13.7 Å². The van der Waals surface area contributed by atoms with Crippen molar-refractivity contribution in [1.29, 1.82) is 0 Å². The Morgan fingerprint density at radius 3 is 2.32 bits per heavy atom. The Bertz CT molecular complexity index is 1280. The van der Waals surface area contributed by atoms with E-state index < -0.39 is 11.9 Å². The van der Waals surface area contributed by atoms with E-state index in [0.29, 0.717) is 56.9 Å². The molecule has 1 atom stereocenters. The lowest BCUT2D eigenvalue weighted by molar-refractivity contribution is -0.137. The lowest BCUT2D eigenvalue weighted by Gasteiger charge is -2.17. The molecule has 0 spiro atoms. The maximum Gasteiger partial charge on any atom is 0.318 e. The molecule has 1 unspecified atom stereocenters. The number of carbonyl (C=O) groups is 1. The van der Waals surface area contributed by atoms with Crippen LogP contribution in [0, 0.1) is 11.8 Å². The van der Waals surface area contributed by atoms with Gasteiger partial charge in [-0.25, -0.2) is 0 Å². The van der Waals surface area contributed by atoms with Crippen molar-refractivity contribution in [3.8, 4) is 11.5 Å². The molecule has 1 aromatic heterocycles. The highest BCUT2D eigenvalue weighted by molar-refractivity contribution is 6.37. The molecule has 5 nitrogen and oxygen atoms in total. The lowest BCUT2D eigenvalue weighted by Crippen LogP contribution is -2.13. The van der Waals surface area contributed by atoms with E-state index in [9.17, 15) is 4.79 Å². The van der Waals surface area contributed by atoms with Crippen LogP contribution in [0.1, 0.15) is 61.8 Å².